The van der Waals surface area contributed by atoms with E-state index >= 15 is 0 Å². The summed E-state index contributed by atoms with van der Waals surface area (Å²) in [6, 6.07) is 12.0. The van der Waals surface area contributed by atoms with Crippen molar-refractivity contribution in [3.8, 4) is 11.5 Å². The van der Waals surface area contributed by atoms with Crippen molar-refractivity contribution in [1.82, 2.24) is 5.32 Å². The van der Waals surface area contributed by atoms with Crippen LogP contribution in [0.25, 0.3) is 0 Å². The Balaban J connectivity index is 1.75. The Morgan fingerprint density at radius 3 is 2.60 bits per heavy atom. The van der Waals surface area contributed by atoms with Gasteiger partial charge < -0.3 is 19.3 Å². The van der Waals surface area contributed by atoms with E-state index in [4.69, 9.17) is 21.1 Å². The van der Waals surface area contributed by atoms with Crippen molar-refractivity contribution in [2.45, 2.75) is 39.5 Å². The Morgan fingerprint density at radius 1 is 1.17 bits per heavy atom. The maximum atomic E-state index is 6.15. The monoisotopic (exact) mass is 495 g/mol. The number of hydrogen-bond donors (Lipinski definition) is 1. The maximum Gasteiger partial charge on any atom is 0.124 e. The third-order valence-corrected chi connectivity index (χ3v) is 6.22. The Kier molecular flexibility index (Phi) is 8.08. The number of benzene rings is 2. The van der Waals surface area contributed by atoms with Gasteiger partial charge in [-0.2, -0.15) is 0 Å². The number of nitrogens with one attached hydrogen (secondary N) is 1. The summed E-state index contributed by atoms with van der Waals surface area (Å²) in [5, 5.41) is 4.18. The molecule has 1 atom stereocenters. The molecule has 0 spiro atoms. The second-order valence-corrected chi connectivity index (χ2v) is 10.4. The van der Waals surface area contributed by atoms with Gasteiger partial charge in [-0.1, -0.05) is 33.6 Å². The molecule has 164 valence electrons. The lowest BCUT2D eigenvalue weighted by Gasteiger charge is -2.32. The third kappa shape index (κ3) is 7.16. The number of halogens is 2. The van der Waals surface area contributed by atoms with Crippen molar-refractivity contribution >= 4 is 27.5 Å². The molecule has 0 radical (unpaired) electrons. The minimum atomic E-state index is 0.116. The minimum Gasteiger partial charge on any atom is -0.491 e. The van der Waals surface area contributed by atoms with Gasteiger partial charge in [-0.3, -0.25) is 0 Å². The van der Waals surface area contributed by atoms with Gasteiger partial charge in [-0.25, -0.2) is 0 Å². The molecule has 0 saturated carbocycles. The summed E-state index contributed by atoms with van der Waals surface area (Å²) in [4.78, 5) is 0. The Hall–Kier alpha value is -1.27. The number of quaternary nitrogens is 1. The number of rotatable bonds is 9. The number of ether oxygens (including phenoxy) is 2. The largest absolute Gasteiger partial charge is 0.491 e. The van der Waals surface area contributed by atoms with Crippen LogP contribution in [0.1, 0.15) is 31.4 Å². The molecular weight excluding hydrogens is 464 g/mol. The Bertz CT molecular complexity index is 851. The highest BCUT2D eigenvalue weighted by molar-refractivity contribution is 9.10. The van der Waals surface area contributed by atoms with E-state index in [-0.39, 0.29) is 6.10 Å². The van der Waals surface area contributed by atoms with Crippen LogP contribution in [0.4, 0.5) is 0 Å². The smallest absolute Gasteiger partial charge is 0.124 e. The van der Waals surface area contributed by atoms with Crippen LogP contribution in [0.2, 0.25) is 5.02 Å². The first-order valence-electron chi connectivity index (χ1n) is 10.6. The highest BCUT2D eigenvalue weighted by atomic mass is 79.9. The molecule has 1 fully saturated rings. The van der Waals surface area contributed by atoms with Gasteiger partial charge in [0.15, 0.2) is 0 Å². The van der Waals surface area contributed by atoms with Crippen molar-refractivity contribution in [1.29, 1.82) is 0 Å². The van der Waals surface area contributed by atoms with Crippen LogP contribution in [0.15, 0.2) is 40.9 Å². The normalized spacial score (nSPS) is 16.8. The minimum absolute atomic E-state index is 0.116. The molecule has 0 aromatic heterocycles. The van der Waals surface area contributed by atoms with Crippen LogP contribution in [-0.4, -0.2) is 44.3 Å². The average Bonchev–Trinajstić information content (AvgIpc) is 3.12. The summed E-state index contributed by atoms with van der Waals surface area (Å²) in [6.45, 7) is 8.93. The van der Waals surface area contributed by atoms with Crippen molar-refractivity contribution in [3.63, 3.8) is 0 Å². The Morgan fingerprint density at radius 2 is 1.93 bits per heavy atom. The van der Waals surface area contributed by atoms with E-state index in [0.29, 0.717) is 11.6 Å². The molecule has 2 aromatic rings. The zero-order valence-electron chi connectivity index (χ0n) is 18.4. The van der Waals surface area contributed by atoms with Crippen LogP contribution in [0.5, 0.6) is 11.5 Å². The molecule has 2 aromatic carbocycles. The van der Waals surface area contributed by atoms with Gasteiger partial charge >= 0.3 is 0 Å². The van der Waals surface area contributed by atoms with Crippen LogP contribution >= 0.6 is 27.5 Å². The van der Waals surface area contributed by atoms with E-state index in [9.17, 15) is 0 Å². The van der Waals surface area contributed by atoms with E-state index < -0.39 is 0 Å². The SMILES string of the molecule is CC(C)Oc1cc(C[N+](C)(C)CC2CCNC2)cc(OCc2ccc(Cl)cc2Br)c1. The highest BCUT2D eigenvalue weighted by Crippen LogP contribution is 2.28. The summed E-state index contributed by atoms with van der Waals surface area (Å²) < 4.78 is 14.1. The molecule has 4 nitrogen and oxygen atoms in total. The van der Waals surface area contributed by atoms with Crippen LogP contribution < -0.4 is 14.8 Å². The number of nitrogens with zero attached hydrogens (tertiary/aromatic N) is 1. The van der Waals surface area contributed by atoms with Crippen LogP contribution in [0, 0.1) is 5.92 Å². The molecule has 1 saturated heterocycles. The fourth-order valence-corrected chi connectivity index (χ4v) is 4.87. The van der Waals surface area contributed by atoms with E-state index in [1.165, 1.54) is 12.0 Å². The van der Waals surface area contributed by atoms with Crippen molar-refractivity contribution in [2.75, 3.05) is 33.7 Å². The third-order valence-electron chi connectivity index (χ3n) is 5.25. The van der Waals surface area contributed by atoms with Crippen molar-refractivity contribution < 1.29 is 14.0 Å². The van der Waals surface area contributed by atoms with E-state index in [1.807, 2.05) is 38.1 Å². The molecule has 1 aliphatic rings. The quantitative estimate of drug-likeness (QED) is 0.455. The van der Waals surface area contributed by atoms with E-state index in [2.05, 4.69) is 47.5 Å². The maximum absolute atomic E-state index is 6.15. The molecule has 1 N–H and O–H groups in total. The summed E-state index contributed by atoms with van der Waals surface area (Å²) in [5.41, 5.74) is 2.29. The number of hydrogen-bond acceptors (Lipinski definition) is 3. The first-order valence-corrected chi connectivity index (χ1v) is 11.8. The average molecular weight is 497 g/mol. The van der Waals surface area contributed by atoms with Gasteiger partial charge in [0.1, 0.15) is 24.7 Å². The lowest BCUT2D eigenvalue weighted by atomic mass is 10.1. The molecule has 30 heavy (non-hydrogen) atoms. The highest BCUT2D eigenvalue weighted by Gasteiger charge is 2.25. The van der Waals surface area contributed by atoms with Gasteiger partial charge in [0.25, 0.3) is 0 Å². The van der Waals surface area contributed by atoms with Gasteiger partial charge in [-0.15, -0.1) is 0 Å². The van der Waals surface area contributed by atoms with E-state index in [0.717, 1.165) is 58.1 Å². The summed E-state index contributed by atoms with van der Waals surface area (Å²) in [7, 11) is 4.61. The van der Waals surface area contributed by atoms with Crippen molar-refractivity contribution in [3.05, 3.63) is 57.0 Å². The fourth-order valence-electron chi connectivity index (χ4n) is 4.07. The summed E-state index contributed by atoms with van der Waals surface area (Å²) in [5.74, 6) is 2.43. The van der Waals surface area contributed by atoms with Crippen LogP contribution in [0.3, 0.4) is 0 Å². The van der Waals surface area contributed by atoms with Crippen LogP contribution in [-0.2, 0) is 13.2 Å². The molecule has 0 bridgehead atoms. The van der Waals surface area contributed by atoms with E-state index in [1.54, 1.807) is 0 Å². The second-order valence-electron chi connectivity index (χ2n) is 9.14. The zero-order valence-corrected chi connectivity index (χ0v) is 20.7. The Labute approximate surface area is 194 Å². The lowest BCUT2D eigenvalue weighted by molar-refractivity contribution is -0.906. The standard InChI is InChI=1S/C24H33BrClN2O2/c1-17(2)30-23-10-19(15-28(3,4)14-18-7-8-27-13-18)9-22(12-23)29-16-20-5-6-21(26)11-24(20)25/h5-6,9-12,17-18,27H,7-8,13-16H2,1-4H3/q+1. The first-order chi connectivity index (χ1) is 14.2. The zero-order chi connectivity index (χ0) is 21.7. The first kappa shape index (κ1) is 23.4. The second kappa shape index (κ2) is 10.4. The molecule has 1 aliphatic heterocycles. The molecule has 0 amide bonds. The lowest BCUT2D eigenvalue weighted by Crippen LogP contribution is -2.43. The predicted molar refractivity (Wildman–Crippen MR) is 127 cm³/mol. The topological polar surface area (TPSA) is 30.5 Å². The predicted octanol–water partition coefficient (Wildman–Crippen LogP) is 5.65. The van der Waals surface area contributed by atoms with Crippen molar-refractivity contribution in [2.24, 2.45) is 5.92 Å². The fraction of sp³-hybridized carbons (Fsp3) is 0.500. The summed E-state index contributed by atoms with van der Waals surface area (Å²) >= 11 is 9.62. The van der Waals surface area contributed by atoms with Gasteiger partial charge in [0, 0.05) is 39.2 Å². The molecular formula is C24H33BrClN2O2+. The van der Waals surface area contributed by atoms with Gasteiger partial charge in [0.05, 0.1) is 26.7 Å². The molecule has 1 unspecified atom stereocenters. The molecule has 3 rings (SSSR count). The molecule has 1 heterocycles. The van der Waals surface area contributed by atoms with Gasteiger partial charge in [-0.05, 0) is 51.1 Å². The molecule has 6 heteroatoms. The molecule has 0 aliphatic carbocycles. The summed E-state index contributed by atoms with van der Waals surface area (Å²) in [6.07, 6.45) is 1.38. The van der Waals surface area contributed by atoms with Gasteiger partial charge in [0.2, 0.25) is 0 Å².